The highest BCUT2D eigenvalue weighted by Gasteiger charge is 1.95. The van der Waals surface area contributed by atoms with Gasteiger partial charge < -0.3 is 11.5 Å². The van der Waals surface area contributed by atoms with Crippen LogP contribution in [0.15, 0.2) is 29.3 Å². The Morgan fingerprint density at radius 2 is 1.60 bits per heavy atom. The molecule has 1 aromatic carbocycles. The van der Waals surface area contributed by atoms with E-state index >= 15 is 0 Å². The summed E-state index contributed by atoms with van der Waals surface area (Å²) in [5, 5.41) is 7.16. The van der Waals surface area contributed by atoms with Crippen molar-refractivity contribution in [2.75, 3.05) is 0 Å². The molecule has 1 rings (SSSR count). The maximum Gasteiger partial charge on any atom is 0.122 e. The van der Waals surface area contributed by atoms with Crippen molar-refractivity contribution >= 4 is 42.2 Å². The minimum Gasteiger partial charge on any atom is -0.387 e. The topological polar surface area (TPSA) is 88.2 Å². The number of hydrogen-bond acceptors (Lipinski definition) is 2. The van der Waals surface area contributed by atoms with Gasteiger partial charge in [0.25, 0.3) is 0 Å². The molecule has 0 fully saturated rings. The monoisotopic (exact) mass is 248 g/mol. The molecule has 0 bridgehead atoms. The third-order valence-corrected chi connectivity index (χ3v) is 1.48. The maximum absolute atomic E-state index is 7.16. The van der Waals surface area contributed by atoms with Crippen molar-refractivity contribution in [3.63, 3.8) is 0 Å². The molecule has 0 aliphatic rings. The van der Waals surface area contributed by atoms with Gasteiger partial charge in [0.05, 0.1) is 11.5 Å². The average Bonchev–Trinajstić information content (AvgIpc) is 2.04. The summed E-state index contributed by atoms with van der Waals surface area (Å²) in [6.07, 6.45) is 0. The molecule has 0 aliphatic heterocycles. The van der Waals surface area contributed by atoms with Crippen LogP contribution in [-0.2, 0) is 0 Å². The molecule has 0 heterocycles. The van der Waals surface area contributed by atoms with Gasteiger partial charge in [0.15, 0.2) is 0 Å². The van der Waals surface area contributed by atoms with Gasteiger partial charge in [-0.3, -0.25) is 5.41 Å². The van der Waals surface area contributed by atoms with Gasteiger partial charge in [-0.1, -0.05) is 0 Å². The van der Waals surface area contributed by atoms with Crippen molar-refractivity contribution in [3.8, 4) is 0 Å². The van der Waals surface area contributed by atoms with Crippen LogP contribution >= 0.6 is 24.8 Å². The third kappa shape index (κ3) is 5.24. The van der Waals surface area contributed by atoms with Crippen LogP contribution in [0.5, 0.6) is 0 Å². The molecule has 0 saturated heterocycles. The molecule has 0 aliphatic carbocycles. The average molecular weight is 249 g/mol. The van der Waals surface area contributed by atoms with Crippen molar-refractivity contribution < 1.29 is 0 Å². The van der Waals surface area contributed by atoms with E-state index in [2.05, 4.69) is 4.99 Å². The summed E-state index contributed by atoms with van der Waals surface area (Å²) in [6, 6.07) is 7.02. The fraction of sp³-hybridized carbons (Fsp3) is 0.111. The number of rotatable bonds is 2. The first-order chi connectivity index (χ1) is 6.09. The predicted molar refractivity (Wildman–Crippen MR) is 68.9 cm³/mol. The molecule has 0 spiro atoms. The number of benzene rings is 1. The number of nitrogens with two attached hydrogens (primary N) is 2. The normalized spacial score (nSPS) is 9.80. The van der Waals surface area contributed by atoms with Crippen LogP contribution < -0.4 is 11.5 Å². The standard InChI is InChI=1S/C9H12N4.2ClH/c1-6(10)13-8-4-2-7(3-5-8)9(11)12;;/h2-5H,1H3,(H2,10,13)(H3,11,12);2*1H. The Bertz CT molecular complexity index is 342. The number of hydrogen-bond donors (Lipinski definition) is 3. The van der Waals surface area contributed by atoms with E-state index in [-0.39, 0.29) is 30.6 Å². The van der Waals surface area contributed by atoms with Crippen LogP contribution in [0.2, 0.25) is 0 Å². The lowest BCUT2D eigenvalue weighted by Gasteiger charge is -1.98. The lowest BCUT2D eigenvalue weighted by molar-refractivity contribution is 1.40. The van der Waals surface area contributed by atoms with Crippen LogP contribution in [0, 0.1) is 5.41 Å². The smallest absolute Gasteiger partial charge is 0.122 e. The fourth-order valence-corrected chi connectivity index (χ4v) is 0.919. The molecule has 5 N–H and O–H groups in total. The minimum absolute atomic E-state index is 0. The Labute approximate surface area is 101 Å². The second kappa shape index (κ2) is 7.09. The van der Waals surface area contributed by atoms with E-state index in [4.69, 9.17) is 16.9 Å². The van der Waals surface area contributed by atoms with E-state index in [1.807, 2.05) is 0 Å². The molecule has 6 heteroatoms. The largest absolute Gasteiger partial charge is 0.387 e. The van der Waals surface area contributed by atoms with Crippen LogP contribution in [0.3, 0.4) is 0 Å². The number of halogens is 2. The summed E-state index contributed by atoms with van der Waals surface area (Å²) >= 11 is 0. The van der Waals surface area contributed by atoms with Gasteiger partial charge in [-0.05, 0) is 31.2 Å². The first-order valence-corrected chi connectivity index (χ1v) is 3.85. The Kier molecular flexibility index (Phi) is 7.65. The van der Waals surface area contributed by atoms with E-state index in [1.165, 1.54) is 0 Å². The predicted octanol–water partition coefficient (Wildman–Crippen LogP) is 1.82. The Morgan fingerprint density at radius 3 is 1.93 bits per heavy atom. The van der Waals surface area contributed by atoms with E-state index in [0.29, 0.717) is 11.4 Å². The van der Waals surface area contributed by atoms with Gasteiger partial charge in [0.2, 0.25) is 0 Å². The zero-order valence-corrected chi connectivity index (χ0v) is 9.86. The lowest BCUT2D eigenvalue weighted by Crippen LogP contribution is -2.10. The van der Waals surface area contributed by atoms with Gasteiger partial charge >= 0.3 is 0 Å². The molecule has 4 nitrogen and oxygen atoms in total. The molecule has 0 saturated carbocycles. The van der Waals surface area contributed by atoms with Crippen molar-refractivity contribution in [2.24, 2.45) is 16.5 Å². The SMILES string of the molecule is CC(N)=Nc1ccc(C(=N)N)cc1.Cl.Cl. The van der Waals surface area contributed by atoms with Crippen molar-refractivity contribution in [1.82, 2.24) is 0 Å². The molecule has 1 aromatic rings. The third-order valence-electron chi connectivity index (χ3n) is 1.48. The molecule has 84 valence electrons. The minimum atomic E-state index is 0. The highest BCUT2D eigenvalue weighted by molar-refractivity contribution is 5.95. The number of amidine groups is 2. The molecular weight excluding hydrogens is 235 g/mol. The second-order valence-electron chi connectivity index (χ2n) is 2.71. The van der Waals surface area contributed by atoms with E-state index in [1.54, 1.807) is 31.2 Å². The molecule has 0 atom stereocenters. The summed E-state index contributed by atoms with van der Waals surface area (Å²) in [5.41, 5.74) is 12.2. The van der Waals surface area contributed by atoms with Gasteiger partial charge in [0.1, 0.15) is 5.84 Å². The molecule has 0 unspecified atom stereocenters. The quantitative estimate of drug-likeness (QED) is 0.551. The van der Waals surface area contributed by atoms with Crippen LogP contribution in [0.25, 0.3) is 0 Å². The van der Waals surface area contributed by atoms with Crippen LogP contribution in [0.4, 0.5) is 5.69 Å². The molecule has 0 amide bonds. The Balaban J connectivity index is 0. The van der Waals surface area contributed by atoms with E-state index in [9.17, 15) is 0 Å². The van der Waals surface area contributed by atoms with E-state index < -0.39 is 0 Å². The van der Waals surface area contributed by atoms with Gasteiger partial charge in [-0.25, -0.2) is 4.99 Å². The van der Waals surface area contributed by atoms with Gasteiger partial charge in [-0.2, -0.15) is 0 Å². The second-order valence-corrected chi connectivity index (χ2v) is 2.71. The number of nitrogen functional groups attached to an aromatic ring is 1. The molecule has 0 radical (unpaired) electrons. The highest BCUT2D eigenvalue weighted by Crippen LogP contribution is 2.12. The van der Waals surface area contributed by atoms with Crippen molar-refractivity contribution in [3.05, 3.63) is 29.8 Å². The summed E-state index contributed by atoms with van der Waals surface area (Å²) in [6.45, 7) is 1.72. The summed E-state index contributed by atoms with van der Waals surface area (Å²) in [4.78, 5) is 4.04. The zero-order valence-electron chi connectivity index (χ0n) is 8.23. The highest BCUT2D eigenvalue weighted by atomic mass is 35.5. The van der Waals surface area contributed by atoms with E-state index in [0.717, 1.165) is 5.69 Å². The first kappa shape index (κ1) is 16.2. The lowest BCUT2D eigenvalue weighted by atomic mass is 10.2. The van der Waals surface area contributed by atoms with Crippen molar-refractivity contribution in [1.29, 1.82) is 5.41 Å². The maximum atomic E-state index is 7.16. The molecule has 0 aromatic heterocycles. The Hall–Kier alpha value is -1.26. The first-order valence-electron chi connectivity index (χ1n) is 3.85. The van der Waals surface area contributed by atoms with Crippen molar-refractivity contribution in [2.45, 2.75) is 6.92 Å². The molecular formula is C9H14Cl2N4. The van der Waals surface area contributed by atoms with Gasteiger partial charge in [0, 0.05) is 5.56 Å². The van der Waals surface area contributed by atoms with Crippen LogP contribution in [-0.4, -0.2) is 11.7 Å². The van der Waals surface area contributed by atoms with Crippen LogP contribution in [0.1, 0.15) is 12.5 Å². The summed E-state index contributed by atoms with van der Waals surface area (Å²) < 4.78 is 0. The summed E-state index contributed by atoms with van der Waals surface area (Å²) in [5.74, 6) is 0.565. The number of aliphatic imine (C=N–C) groups is 1. The number of nitrogens with one attached hydrogen (secondary N) is 1. The Morgan fingerprint density at radius 1 is 1.13 bits per heavy atom. The number of nitrogens with zero attached hydrogens (tertiary/aromatic N) is 1. The molecule has 15 heavy (non-hydrogen) atoms. The zero-order chi connectivity index (χ0) is 9.84. The summed E-state index contributed by atoms with van der Waals surface area (Å²) in [7, 11) is 0. The van der Waals surface area contributed by atoms with Gasteiger partial charge in [-0.15, -0.1) is 24.8 Å². The fourth-order valence-electron chi connectivity index (χ4n) is 0.919.